The Hall–Kier alpha value is -0.0800. The molecule has 2 heteroatoms. The van der Waals surface area contributed by atoms with Crippen molar-refractivity contribution in [2.45, 2.75) is 45.1 Å². The van der Waals surface area contributed by atoms with E-state index in [4.69, 9.17) is 9.84 Å². The van der Waals surface area contributed by atoms with Crippen LogP contribution in [0.15, 0.2) is 0 Å². The largest absolute Gasteiger partial charge is 0.396 e. The molecule has 2 rings (SSSR count). The first-order chi connectivity index (χ1) is 6.14. The Morgan fingerprint density at radius 3 is 2.85 bits per heavy atom. The zero-order valence-electron chi connectivity index (χ0n) is 8.68. The molecule has 1 aliphatic heterocycles. The second-order valence-corrected chi connectivity index (χ2v) is 5.02. The number of hydrogen-bond acceptors (Lipinski definition) is 2. The topological polar surface area (TPSA) is 29.5 Å². The van der Waals surface area contributed by atoms with Crippen LogP contribution in [0.5, 0.6) is 0 Å². The van der Waals surface area contributed by atoms with E-state index in [0.29, 0.717) is 17.9 Å². The van der Waals surface area contributed by atoms with Crippen LogP contribution in [0.4, 0.5) is 0 Å². The predicted octanol–water partition coefficient (Wildman–Crippen LogP) is 1.96. The number of aliphatic hydroxyl groups is 1. The van der Waals surface area contributed by atoms with E-state index in [2.05, 4.69) is 13.8 Å². The van der Waals surface area contributed by atoms with Crippen molar-refractivity contribution in [3.05, 3.63) is 0 Å². The van der Waals surface area contributed by atoms with Crippen molar-refractivity contribution < 1.29 is 9.84 Å². The molecular weight excluding hydrogens is 164 g/mol. The highest BCUT2D eigenvalue weighted by Crippen LogP contribution is 2.62. The molecule has 2 fully saturated rings. The summed E-state index contributed by atoms with van der Waals surface area (Å²) in [6.45, 7) is 5.66. The maximum atomic E-state index is 9.13. The Morgan fingerprint density at radius 2 is 2.31 bits per heavy atom. The average Bonchev–Trinajstić information content (AvgIpc) is 2.78. The van der Waals surface area contributed by atoms with Crippen molar-refractivity contribution in [2.75, 3.05) is 13.2 Å². The first-order valence-electron chi connectivity index (χ1n) is 5.39. The van der Waals surface area contributed by atoms with E-state index in [0.717, 1.165) is 25.9 Å². The van der Waals surface area contributed by atoms with E-state index in [9.17, 15) is 0 Å². The summed E-state index contributed by atoms with van der Waals surface area (Å²) in [7, 11) is 0. The summed E-state index contributed by atoms with van der Waals surface area (Å²) in [5.41, 5.74) is 0.542. The van der Waals surface area contributed by atoms with E-state index in [1.165, 1.54) is 6.42 Å². The Morgan fingerprint density at radius 1 is 1.54 bits per heavy atom. The lowest BCUT2D eigenvalue weighted by Crippen LogP contribution is -2.38. The molecule has 2 aliphatic rings. The van der Waals surface area contributed by atoms with Crippen LogP contribution < -0.4 is 0 Å². The van der Waals surface area contributed by atoms with E-state index in [-0.39, 0.29) is 5.60 Å². The van der Waals surface area contributed by atoms with E-state index in [1.54, 1.807) is 0 Å². The molecule has 1 N–H and O–H groups in total. The van der Waals surface area contributed by atoms with Crippen molar-refractivity contribution in [1.82, 2.24) is 0 Å². The normalized spacial score (nSPS) is 49.6. The number of rotatable bonds is 2. The van der Waals surface area contributed by atoms with Crippen LogP contribution in [0.2, 0.25) is 0 Å². The van der Waals surface area contributed by atoms with Crippen LogP contribution in [0.1, 0.15) is 39.5 Å². The van der Waals surface area contributed by atoms with Crippen LogP contribution in [-0.4, -0.2) is 23.9 Å². The molecule has 0 aromatic carbocycles. The number of ether oxygens (including phenoxy) is 1. The highest BCUT2D eigenvalue weighted by Gasteiger charge is 2.57. The number of aliphatic hydroxyl groups excluding tert-OH is 1. The summed E-state index contributed by atoms with van der Waals surface area (Å²) in [5.74, 6) is 0.572. The van der Waals surface area contributed by atoms with Crippen LogP contribution >= 0.6 is 0 Å². The molecule has 0 radical (unpaired) electrons. The van der Waals surface area contributed by atoms with Gasteiger partial charge in [-0.3, -0.25) is 0 Å². The van der Waals surface area contributed by atoms with Gasteiger partial charge in [-0.15, -0.1) is 0 Å². The van der Waals surface area contributed by atoms with Crippen molar-refractivity contribution in [2.24, 2.45) is 11.3 Å². The molecule has 2 nitrogen and oxygen atoms in total. The molecule has 0 aromatic rings. The molecule has 1 aliphatic carbocycles. The second-order valence-electron chi connectivity index (χ2n) is 5.02. The predicted molar refractivity (Wildman–Crippen MR) is 51.5 cm³/mol. The molecule has 13 heavy (non-hydrogen) atoms. The van der Waals surface area contributed by atoms with E-state index < -0.39 is 0 Å². The molecule has 0 aromatic heterocycles. The minimum absolute atomic E-state index is 0.0855. The van der Waals surface area contributed by atoms with Crippen LogP contribution in [0.25, 0.3) is 0 Å². The lowest BCUT2D eigenvalue weighted by atomic mass is 9.81. The molecular formula is C11H20O2. The summed E-state index contributed by atoms with van der Waals surface area (Å²) < 4.78 is 5.80. The summed E-state index contributed by atoms with van der Waals surface area (Å²) in [4.78, 5) is 0. The first-order valence-corrected chi connectivity index (χ1v) is 5.39. The molecule has 3 unspecified atom stereocenters. The molecule has 1 saturated carbocycles. The van der Waals surface area contributed by atoms with Gasteiger partial charge in [0.1, 0.15) is 0 Å². The fourth-order valence-corrected chi connectivity index (χ4v) is 2.82. The third kappa shape index (κ3) is 1.50. The monoisotopic (exact) mass is 184 g/mol. The molecule has 0 amide bonds. The molecule has 0 bridgehead atoms. The van der Waals surface area contributed by atoms with Crippen LogP contribution in [0.3, 0.4) is 0 Å². The SMILES string of the molecule is CCC1(C)CC2(CCO1)CC2CO. The van der Waals surface area contributed by atoms with Gasteiger partial charge in [0.2, 0.25) is 0 Å². The quantitative estimate of drug-likeness (QED) is 0.711. The van der Waals surface area contributed by atoms with Crippen molar-refractivity contribution >= 4 is 0 Å². The fourth-order valence-electron chi connectivity index (χ4n) is 2.82. The van der Waals surface area contributed by atoms with Gasteiger partial charge in [-0.25, -0.2) is 0 Å². The van der Waals surface area contributed by atoms with Crippen molar-refractivity contribution in [3.63, 3.8) is 0 Å². The minimum atomic E-state index is 0.0855. The summed E-state index contributed by atoms with van der Waals surface area (Å²) in [6, 6.07) is 0. The van der Waals surface area contributed by atoms with Gasteiger partial charge < -0.3 is 9.84 Å². The summed E-state index contributed by atoms with van der Waals surface area (Å²) in [6.07, 6.45) is 4.63. The third-order valence-electron chi connectivity index (χ3n) is 4.10. The van der Waals surface area contributed by atoms with Crippen LogP contribution in [-0.2, 0) is 4.74 Å². The highest BCUT2D eigenvalue weighted by molar-refractivity contribution is 5.07. The van der Waals surface area contributed by atoms with Gasteiger partial charge in [-0.1, -0.05) is 6.92 Å². The molecule has 1 spiro atoms. The third-order valence-corrected chi connectivity index (χ3v) is 4.10. The first kappa shape index (κ1) is 9.47. The Balaban J connectivity index is 2.02. The van der Waals surface area contributed by atoms with E-state index >= 15 is 0 Å². The lowest BCUT2D eigenvalue weighted by Gasteiger charge is -2.38. The average molecular weight is 184 g/mol. The number of hydrogen-bond donors (Lipinski definition) is 1. The smallest absolute Gasteiger partial charge is 0.0657 e. The van der Waals surface area contributed by atoms with Gasteiger partial charge in [0.05, 0.1) is 5.60 Å². The van der Waals surface area contributed by atoms with Gasteiger partial charge in [0.25, 0.3) is 0 Å². The Kier molecular flexibility index (Phi) is 2.16. The van der Waals surface area contributed by atoms with Gasteiger partial charge >= 0.3 is 0 Å². The maximum absolute atomic E-state index is 9.13. The Bertz CT molecular complexity index is 204. The van der Waals surface area contributed by atoms with Crippen molar-refractivity contribution in [3.8, 4) is 0 Å². The highest BCUT2D eigenvalue weighted by atomic mass is 16.5. The van der Waals surface area contributed by atoms with E-state index in [1.807, 2.05) is 0 Å². The second kappa shape index (κ2) is 2.96. The zero-order chi connectivity index (χ0) is 9.53. The molecule has 3 atom stereocenters. The fraction of sp³-hybridized carbons (Fsp3) is 1.00. The maximum Gasteiger partial charge on any atom is 0.0657 e. The van der Waals surface area contributed by atoms with Crippen molar-refractivity contribution in [1.29, 1.82) is 0 Å². The Labute approximate surface area is 80.3 Å². The molecule has 1 saturated heterocycles. The van der Waals surface area contributed by atoms with Crippen LogP contribution in [0, 0.1) is 11.3 Å². The van der Waals surface area contributed by atoms with Gasteiger partial charge in [-0.2, -0.15) is 0 Å². The standard InChI is InChI=1S/C11H20O2/c1-3-10(2)8-11(4-5-13-10)6-9(11)7-12/h9,12H,3-8H2,1-2H3. The molecule has 76 valence electrons. The van der Waals surface area contributed by atoms with Gasteiger partial charge in [0, 0.05) is 13.2 Å². The van der Waals surface area contributed by atoms with Gasteiger partial charge in [-0.05, 0) is 43.9 Å². The zero-order valence-corrected chi connectivity index (χ0v) is 8.68. The summed E-state index contributed by atoms with van der Waals surface area (Å²) >= 11 is 0. The van der Waals surface area contributed by atoms with Gasteiger partial charge in [0.15, 0.2) is 0 Å². The molecule has 1 heterocycles. The lowest BCUT2D eigenvalue weighted by molar-refractivity contribution is -0.0974. The summed E-state index contributed by atoms with van der Waals surface area (Å²) in [5, 5.41) is 9.13. The minimum Gasteiger partial charge on any atom is -0.396 e.